The monoisotopic (exact) mass is 370 g/mol. The first-order valence-corrected chi connectivity index (χ1v) is 9.03. The van der Waals surface area contributed by atoms with E-state index >= 15 is 0 Å². The van der Waals surface area contributed by atoms with E-state index in [0.717, 1.165) is 51.5 Å². The molecule has 0 fully saturated rings. The fourth-order valence-corrected chi connectivity index (χ4v) is 3.44. The van der Waals surface area contributed by atoms with Crippen LogP contribution in [-0.2, 0) is 6.54 Å². The van der Waals surface area contributed by atoms with E-state index in [9.17, 15) is 0 Å². The summed E-state index contributed by atoms with van der Waals surface area (Å²) >= 11 is 0. The highest BCUT2D eigenvalue weighted by Gasteiger charge is 2.17. The van der Waals surface area contributed by atoms with E-state index in [4.69, 9.17) is 9.51 Å². The van der Waals surface area contributed by atoms with Gasteiger partial charge in [0.1, 0.15) is 11.3 Å². The van der Waals surface area contributed by atoms with E-state index in [1.807, 2.05) is 55.3 Å². The van der Waals surface area contributed by atoms with Gasteiger partial charge in [0.25, 0.3) is 0 Å². The summed E-state index contributed by atoms with van der Waals surface area (Å²) in [6.45, 7) is 4.51. The molecule has 0 amide bonds. The number of aromatic amines is 1. The van der Waals surface area contributed by atoms with Crippen molar-refractivity contribution in [2.24, 2.45) is 0 Å². The van der Waals surface area contributed by atoms with Crippen molar-refractivity contribution in [2.45, 2.75) is 20.4 Å². The molecule has 0 saturated carbocycles. The lowest BCUT2D eigenvalue weighted by Crippen LogP contribution is -1.99. The largest absolute Gasteiger partial charge is 0.361 e. The van der Waals surface area contributed by atoms with Crippen LogP contribution >= 0.6 is 0 Å². The molecule has 0 bridgehead atoms. The molecule has 0 atom stereocenters. The maximum absolute atomic E-state index is 5.28. The molecule has 5 aromatic rings. The molecule has 1 aromatic carbocycles. The SMILES string of the molecule is Cc1noc(C)c1-c1cnc2[nH]cc(-c3cnn(Cc4ccccc4)c3)c2n1. The molecule has 0 aliphatic carbocycles. The molecular formula is C21H18N6O. The normalized spacial score (nSPS) is 11.4. The Kier molecular flexibility index (Phi) is 3.79. The summed E-state index contributed by atoms with van der Waals surface area (Å²) in [6, 6.07) is 10.3. The average molecular weight is 370 g/mol. The van der Waals surface area contributed by atoms with E-state index in [-0.39, 0.29) is 0 Å². The number of nitrogens with zero attached hydrogens (tertiary/aromatic N) is 5. The van der Waals surface area contributed by atoms with Gasteiger partial charge < -0.3 is 9.51 Å². The van der Waals surface area contributed by atoms with Gasteiger partial charge in [-0.1, -0.05) is 35.5 Å². The highest BCUT2D eigenvalue weighted by atomic mass is 16.5. The third-order valence-electron chi connectivity index (χ3n) is 4.80. The van der Waals surface area contributed by atoms with E-state index in [1.165, 1.54) is 5.56 Å². The number of rotatable bonds is 4. The van der Waals surface area contributed by atoms with E-state index in [1.54, 1.807) is 6.20 Å². The van der Waals surface area contributed by atoms with Gasteiger partial charge in [0.15, 0.2) is 5.65 Å². The molecule has 7 heteroatoms. The number of nitrogens with one attached hydrogen (secondary N) is 1. The van der Waals surface area contributed by atoms with Crippen LogP contribution in [0, 0.1) is 13.8 Å². The first kappa shape index (κ1) is 16.4. The number of aryl methyl sites for hydroxylation is 2. The van der Waals surface area contributed by atoms with E-state index in [2.05, 4.69) is 32.4 Å². The molecule has 5 rings (SSSR count). The molecule has 4 heterocycles. The lowest BCUT2D eigenvalue weighted by molar-refractivity contribution is 0.393. The standard InChI is InChI=1S/C21H18N6O/c1-13-19(14(2)28-26-13)18-10-23-21-20(25-18)17(9-22-21)16-8-24-27(12-16)11-15-6-4-3-5-7-15/h3-10,12H,11H2,1-2H3,(H,22,23). The van der Waals surface area contributed by atoms with Crippen LogP contribution < -0.4 is 0 Å². The fourth-order valence-electron chi connectivity index (χ4n) is 3.44. The Morgan fingerprint density at radius 2 is 1.96 bits per heavy atom. The second-order valence-electron chi connectivity index (χ2n) is 6.77. The summed E-state index contributed by atoms with van der Waals surface area (Å²) in [5.74, 6) is 0.735. The van der Waals surface area contributed by atoms with Gasteiger partial charge in [-0.25, -0.2) is 9.97 Å². The number of aromatic nitrogens is 6. The molecule has 7 nitrogen and oxygen atoms in total. The molecule has 0 saturated heterocycles. The molecular weight excluding hydrogens is 352 g/mol. The van der Waals surface area contributed by atoms with Gasteiger partial charge in [0.2, 0.25) is 0 Å². The van der Waals surface area contributed by atoms with E-state index < -0.39 is 0 Å². The van der Waals surface area contributed by atoms with E-state index in [0.29, 0.717) is 0 Å². The Hall–Kier alpha value is -3.74. The van der Waals surface area contributed by atoms with Crippen molar-refractivity contribution in [1.29, 1.82) is 0 Å². The number of hydrogen-bond acceptors (Lipinski definition) is 5. The van der Waals surface area contributed by atoms with Gasteiger partial charge in [0, 0.05) is 23.5 Å². The Morgan fingerprint density at radius 3 is 2.75 bits per heavy atom. The minimum atomic E-state index is 0.721. The average Bonchev–Trinajstić information content (AvgIpc) is 3.41. The quantitative estimate of drug-likeness (QED) is 0.514. The first-order chi connectivity index (χ1) is 13.7. The van der Waals surface area contributed by atoms with Crippen molar-refractivity contribution in [3.8, 4) is 22.4 Å². The highest BCUT2D eigenvalue weighted by Crippen LogP contribution is 2.30. The van der Waals surface area contributed by atoms with Gasteiger partial charge in [-0.2, -0.15) is 5.10 Å². The van der Waals surface area contributed by atoms with Crippen LogP contribution in [0.1, 0.15) is 17.0 Å². The van der Waals surface area contributed by atoms with Crippen molar-refractivity contribution in [1.82, 2.24) is 29.9 Å². The summed E-state index contributed by atoms with van der Waals surface area (Å²) in [7, 11) is 0. The minimum Gasteiger partial charge on any atom is -0.361 e. The first-order valence-electron chi connectivity index (χ1n) is 9.03. The van der Waals surface area contributed by atoms with Crippen LogP contribution in [0.25, 0.3) is 33.5 Å². The van der Waals surface area contributed by atoms with Gasteiger partial charge in [-0.3, -0.25) is 4.68 Å². The van der Waals surface area contributed by atoms with Crippen molar-refractivity contribution >= 4 is 11.2 Å². The van der Waals surface area contributed by atoms with Crippen molar-refractivity contribution in [3.63, 3.8) is 0 Å². The Balaban J connectivity index is 1.54. The molecule has 0 radical (unpaired) electrons. The zero-order chi connectivity index (χ0) is 19.1. The Bertz CT molecular complexity index is 1250. The van der Waals surface area contributed by atoms with Gasteiger partial charge >= 0.3 is 0 Å². The predicted molar refractivity (Wildman–Crippen MR) is 106 cm³/mol. The van der Waals surface area contributed by atoms with Crippen LogP contribution in [-0.4, -0.2) is 29.9 Å². The third-order valence-corrected chi connectivity index (χ3v) is 4.80. The van der Waals surface area contributed by atoms with Crippen molar-refractivity contribution in [3.05, 3.63) is 72.1 Å². The smallest absolute Gasteiger partial charge is 0.156 e. The van der Waals surface area contributed by atoms with Crippen LogP contribution in [0.2, 0.25) is 0 Å². The van der Waals surface area contributed by atoms with Crippen LogP contribution in [0.4, 0.5) is 0 Å². The molecule has 28 heavy (non-hydrogen) atoms. The Morgan fingerprint density at radius 1 is 1.11 bits per heavy atom. The van der Waals surface area contributed by atoms with Crippen LogP contribution in [0.15, 0.2) is 59.6 Å². The summed E-state index contributed by atoms with van der Waals surface area (Å²) in [5, 5.41) is 8.52. The molecule has 0 spiro atoms. The second kappa shape index (κ2) is 6.45. The van der Waals surface area contributed by atoms with Gasteiger partial charge in [-0.05, 0) is 19.4 Å². The fraction of sp³-hybridized carbons (Fsp3) is 0.143. The molecule has 4 aromatic heterocycles. The number of H-pyrrole nitrogens is 1. The molecule has 0 aliphatic rings. The third kappa shape index (κ3) is 2.77. The Labute approximate surface area is 161 Å². The molecule has 0 aliphatic heterocycles. The van der Waals surface area contributed by atoms with Crippen molar-refractivity contribution < 1.29 is 4.52 Å². The lowest BCUT2D eigenvalue weighted by atomic mass is 10.1. The van der Waals surface area contributed by atoms with Crippen LogP contribution in [0.5, 0.6) is 0 Å². The minimum absolute atomic E-state index is 0.721. The molecule has 138 valence electrons. The molecule has 0 unspecified atom stereocenters. The maximum Gasteiger partial charge on any atom is 0.156 e. The number of hydrogen-bond donors (Lipinski definition) is 1. The van der Waals surface area contributed by atoms with Gasteiger partial charge in [0.05, 0.1) is 35.9 Å². The van der Waals surface area contributed by atoms with Crippen molar-refractivity contribution in [2.75, 3.05) is 0 Å². The number of fused-ring (bicyclic) bond motifs is 1. The summed E-state index contributed by atoms with van der Waals surface area (Å²) in [6.07, 6.45) is 7.55. The van der Waals surface area contributed by atoms with Gasteiger partial charge in [-0.15, -0.1) is 0 Å². The molecule has 1 N–H and O–H groups in total. The zero-order valence-corrected chi connectivity index (χ0v) is 15.5. The summed E-state index contributed by atoms with van der Waals surface area (Å²) in [5.41, 5.74) is 7.15. The second-order valence-corrected chi connectivity index (χ2v) is 6.77. The summed E-state index contributed by atoms with van der Waals surface area (Å²) in [4.78, 5) is 12.6. The number of benzene rings is 1. The van der Waals surface area contributed by atoms with Crippen LogP contribution in [0.3, 0.4) is 0 Å². The zero-order valence-electron chi connectivity index (χ0n) is 15.5. The highest BCUT2D eigenvalue weighted by molar-refractivity contribution is 5.91. The lowest BCUT2D eigenvalue weighted by Gasteiger charge is -2.01. The topological polar surface area (TPSA) is 85.4 Å². The maximum atomic E-state index is 5.28. The summed E-state index contributed by atoms with van der Waals surface area (Å²) < 4.78 is 7.20. The predicted octanol–water partition coefficient (Wildman–Crippen LogP) is 4.14.